The maximum Gasteiger partial charge on any atom is 0.269 e. The van der Waals surface area contributed by atoms with Gasteiger partial charge in [0.2, 0.25) is 0 Å². The van der Waals surface area contributed by atoms with Gasteiger partial charge in [0, 0.05) is 12.1 Å². The quantitative estimate of drug-likeness (QED) is 0.422. The van der Waals surface area contributed by atoms with Crippen LogP contribution in [-0.4, -0.2) is 11.0 Å². The molecule has 0 amide bonds. The molecule has 0 radical (unpaired) electrons. The van der Waals surface area contributed by atoms with E-state index in [1.165, 1.54) is 24.3 Å². The third-order valence-corrected chi connectivity index (χ3v) is 1.38. The highest BCUT2D eigenvalue weighted by atomic mass is 17.2. The van der Waals surface area contributed by atoms with E-state index >= 15 is 0 Å². The number of hydrogen-bond donors (Lipinski definition) is 0. The first-order valence-corrected chi connectivity index (χ1v) is 4.17. The predicted octanol–water partition coefficient (Wildman–Crippen LogP) is 2.31. The first-order chi connectivity index (χ1) is 6.59. The van der Waals surface area contributed by atoms with Crippen LogP contribution >= 0.6 is 0 Å². The summed E-state index contributed by atoms with van der Waals surface area (Å²) in [5, 5.41) is 10.3. The summed E-state index contributed by atoms with van der Waals surface area (Å²) >= 11 is 0. The zero-order valence-electron chi connectivity index (χ0n) is 7.97. The molecule has 0 aromatic heterocycles. The van der Waals surface area contributed by atoms with Crippen molar-refractivity contribution in [3.8, 4) is 5.75 Å². The number of nitro benzene ring substituents is 1. The minimum Gasteiger partial charge on any atom is -0.337 e. The number of rotatable bonds is 4. The van der Waals surface area contributed by atoms with E-state index in [4.69, 9.17) is 9.78 Å². The molecule has 0 heterocycles. The van der Waals surface area contributed by atoms with Crippen molar-refractivity contribution >= 4 is 5.69 Å². The second kappa shape index (κ2) is 4.57. The summed E-state index contributed by atoms with van der Waals surface area (Å²) in [7, 11) is 0. The van der Waals surface area contributed by atoms with Crippen molar-refractivity contribution in [1.82, 2.24) is 0 Å². The van der Waals surface area contributed by atoms with E-state index in [2.05, 4.69) is 0 Å². The Balaban J connectivity index is 2.60. The molecule has 1 aromatic rings. The molecule has 0 bridgehead atoms. The molecule has 0 fully saturated rings. The Morgan fingerprint density at radius 1 is 1.29 bits per heavy atom. The van der Waals surface area contributed by atoms with Gasteiger partial charge in [-0.1, -0.05) is 0 Å². The lowest BCUT2D eigenvalue weighted by molar-refractivity contribution is -0.384. The molecule has 5 heteroatoms. The summed E-state index contributed by atoms with van der Waals surface area (Å²) in [6.07, 6.45) is -0.0507. The lowest BCUT2D eigenvalue weighted by Gasteiger charge is -2.06. The molecule has 1 aromatic carbocycles. The molecule has 0 saturated heterocycles. The molecule has 0 unspecified atom stereocenters. The van der Waals surface area contributed by atoms with Gasteiger partial charge in [0.1, 0.15) is 0 Å². The average molecular weight is 197 g/mol. The van der Waals surface area contributed by atoms with Crippen molar-refractivity contribution in [2.75, 3.05) is 0 Å². The van der Waals surface area contributed by atoms with Crippen LogP contribution in [0.1, 0.15) is 13.8 Å². The molecule has 0 aliphatic carbocycles. The summed E-state index contributed by atoms with van der Waals surface area (Å²) < 4.78 is 0. The number of nitro groups is 1. The van der Waals surface area contributed by atoms with Crippen molar-refractivity contribution in [2.45, 2.75) is 20.0 Å². The van der Waals surface area contributed by atoms with Gasteiger partial charge in [0.05, 0.1) is 11.0 Å². The maximum atomic E-state index is 10.3. The first kappa shape index (κ1) is 10.5. The van der Waals surface area contributed by atoms with Gasteiger partial charge in [-0.15, -0.1) is 0 Å². The Kier molecular flexibility index (Phi) is 3.41. The van der Waals surface area contributed by atoms with Crippen LogP contribution in [0.4, 0.5) is 5.69 Å². The highest BCUT2D eigenvalue weighted by molar-refractivity contribution is 5.35. The zero-order valence-corrected chi connectivity index (χ0v) is 7.97. The fraction of sp³-hybridized carbons (Fsp3) is 0.333. The fourth-order valence-corrected chi connectivity index (χ4v) is 0.775. The molecular formula is C9H11NO4. The van der Waals surface area contributed by atoms with Gasteiger partial charge in [0.15, 0.2) is 5.75 Å². The monoisotopic (exact) mass is 197 g/mol. The summed E-state index contributed by atoms with van der Waals surface area (Å²) in [6.45, 7) is 3.65. The molecule has 0 saturated carbocycles. The van der Waals surface area contributed by atoms with Crippen LogP contribution in [0.5, 0.6) is 5.75 Å². The van der Waals surface area contributed by atoms with E-state index in [1.807, 2.05) is 13.8 Å². The van der Waals surface area contributed by atoms with Crippen molar-refractivity contribution in [3.05, 3.63) is 34.4 Å². The largest absolute Gasteiger partial charge is 0.337 e. The van der Waals surface area contributed by atoms with Crippen molar-refractivity contribution in [3.63, 3.8) is 0 Å². The molecule has 0 aliphatic rings. The molecule has 0 atom stereocenters. The van der Waals surface area contributed by atoms with Gasteiger partial charge in [-0.25, -0.2) is 0 Å². The lowest BCUT2D eigenvalue weighted by Crippen LogP contribution is -2.05. The van der Waals surface area contributed by atoms with Crippen LogP contribution in [-0.2, 0) is 4.89 Å². The minimum atomic E-state index is -0.465. The Hall–Kier alpha value is -1.62. The summed E-state index contributed by atoms with van der Waals surface area (Å²) in [6, 6.07) is 5.69. The Morgan fingerprint density at radius 2 is 1.86 bits per heavy atom. The Bertz CT molecular complexity index is 307. The van der Waals surface area contributed by atoms with Crippen LogP contribution in [0.3, 0.4) is 0 Å². The number of hydrogen-bond acceptors (Lipinski definition) is 4. The van der Waals surface area contributed by atoms with Gasteiger partial charge < -0.3 is 4.89 Å². The van der Waals surface area contributed by atoms with Crippen LogP contribution in [0.25, 0.3) is 0 Å². The third-order valence-electron chi connectivity index (χ3n) is 1.38. The van der Waals surface area contributed by atoms with Gasteiger partial charge in [-0.2, -0.15) is 4.89 Å². The van der Waals surface area contributed by atoms with Gasteiger partial charge in [-0.3, -0.25) is 10.1 Å². The molecule has 5 nitrogen and oxygen atoms in total. The van der Waals surface area contributed by atoms with E-state index in [0.29, 0.717) is 5.75 Å². The normalized spacial score (nSPS) is 10.2. The SMILES string of the molecule is CC(C)OOc1ccc([N+](=O)[O-])cc1. The standard InChI is InChI=1S/C9H11NO4/c1-7(2)13-14-9-5-3-8(4-6-9)10(11)12/h3-7H,1-2H3. The lowest BCUT2D eigenvalue weighted by atomic mass is 10.3. The van der Waals surface area contributed by atoms with Gasteiger partial charge >= 0.3 is 0 Å². The first-order valence-electron chi connectivity index (χ1n) is 4.17. The van der Waals surface area contributed by atoms with E-state index in [-0.39, 0.29) is 11.8 Å². The van der Waals surface area contributed by atoms with E-state index in [1.54, 1.807) is 0 Å². The van der Waals surface area contributed by atoms with Crippen molar-refractivity contribution in [1.29, 1.82) is 0 Å². The predicted molar refractivity (Wildman–Crippen MR) is 49.9 cm³/mol. The molecule has 14 heavy (non-hydrogen) atoms. The van der Waals surface area contributed by atoms with Crippen molar-refractivity contribution in [2.24, 2.45) is 0 Å². The molecular weight excluding hydrogens is 186 g/mol. The Morgan fingerprint density at radius 3 is 2.29 bits per heavy atom. The zero-order chi connectivity index (χ0) is 10.6. The van der Waals surface area contributed by atoms with Crippen LogP contribution in [0.15, 0.2) is 24.3 Å². The number of non-ortho nitro benzene ring substituents is 1. The topological polar surface area (TPSA) is 61.6 Å². The second-order valence-electron chi connectivity index (χ2n) is 2.98. The smallest absolute Gasteiger partial charge is 0.269 e. The van der Waals surface area contributed by atoms with Crippen LogP contribution < -0.4 is 4.89 Å². The molecule has 0 aliphatic heterocycles. The number of benzene rings is 1. The highest BCUT2D eigenvalue weighted by Crippen LogP contribution is 2.17. The summed E-state index contributed by atoms with van der Waals surface area (Å²) in [5.41, 5.74) is 0.0295. The average Bonchev–Trinajstić information content (AvgIpc) is 2.15. The van der Waals surface area contributed by atoms with Gasteiger partial charge in [-0.05, 0) is 26.0 Å². The van der Waals surface area contributed by atoms with E-state index in [0.717, 1.165) is 0 Å². The van der Waals surface area contributed by atoms with Gasteiger partial charge in [0.25, 0.3) is 5.69 Å². The van der Waals surface area contributed by atoms with Crippen LogP contribution in [0.2, 0.25) is 0 Å². The summed E-state index contributed by atoms with van der Waals surface area (Å²) in [5.74, 6) is 0.448. The maximum absolute atomic E-state index is 10.3. The van der Waals surface area contributed by atoms with E-state index < -0.39 is 4.92 Å². The minimum absolute atomic E-state index is 0.0295. The molecule has 76 valence electrons. The van der Waals surface area contributed by atoms with Crippen LogP contribution in [0, 0.1) is 10.1 Å². The second-order valence-corrected chi connectivity index (χ2v) is 2.98. The van der Waals surface area contributed by atoms with E-state index in [9.17, 15) is 10.1 Å². The Labute approximate surface area is 81.3 Å². The highest BCUT2D eigenvalue weighted by Gasteiger charge is 2.05. The third kappa shape index (κ3) is 3.02. The number of nitrogens with zero attached hydrogens (tertiary/aromatic N) is 1. The molecule has 0 spiro atoms. The molecule has 0 N–H and O–H groups in total. The summed E-state index contributed by atoms with van der Waals surface area (Å²) in [4.78, 5) is 19.6. The molecule has 1 rings (SSSR count). The fourth-order valence-electron chi connectivity index (χ4n) is 0.775. The van der Waals surface area contributed by atoms with Crippen molar-refractivity contribution < 1.29 is 14.7 Å².